The Labute approximate surface area is 154 Å². The second-order valence-corrected chi connectivity index (χ2v) is 6.68. The Balaban J connectivity index is 1.48. The van der Waals surface area contributed by atoms with Crippen LogP contribution in [0.25, 0.3) is 0 Å². The zero-order valence-corrected chi connectivity index (χ0v) is 14.8. The number of benzene rings is 1. The summed E-state index contributed by atoms with van der Waals surface area (Å²) < 4.78 is 18.8. The minimum atomic E-state index is -0.337. The molecule has 0 aliphatic heterocycles. The maximum Gasteiger partial charge on any atom is 0.319 e. The van der Waals surface area contributed by atoms with Gasteiger partial charge >= 0.3 is 6.01 Å². The summed E-state index contributed by atoms with van der Waals surface area (Å²) in [6, 6.07) is 8.24. The van der Waals surface area contributed by atoms with E-state index in [9.17, 15) is 4.39 Å². The molecule has 1 aliphatic rings. The van der Waals surface area contributed by atoms with Crippen LogP contribution in [0.5, 0.6) is 6.01 Å². The Morgan fingerprint density at radius 1 is 1.31 bits per heavy atom. The number of rotatable bonds is 6. The minimum Gasteiger partial charge on any atom is -0.456 e. The maximum absolute atomic E-state index is 13.0. The average molecular weight is 374 g/mol. The lowest BCUT2D eigenvalue weighted by atomic mass is 10.1. The highest BCUT2D eigenvalue weighted by Crippen LogP contribution is 2.39. The van der Waals surface area contributed by atoms with Crippen LogP contribution in [0.4, 0.5) is 16.0 Å². The van der Waals surface area contributed by atoms with Crippen LogP contribution in [0.1, 0.15) is 43.0 Å². The molecule has 134 valence electrons. The molecular formula is C18H17ClFN5O. The zero-order valence-electron chi connectivity index (χ0n) is 14.0. The SMILES string of the molecule is C[C@H](Oc1ncc(Cl)c(Nc2cc(C3CC3)[nH]n2)n1)c1ccc(F)cc1. The molecule has 0 unspecified atom stereocenters. The summed E-state index contributed by atoms with van der Waals surface area (Å²) in [7, 11) is 0. The largest absolute Gasteiger partial charge is 0.456 e. The Hall–Kier alpha value is -2.67. The number of nitrogens with one attached hydrogen (secondary N) is 2. The molecule has 1 atom stereocenters. The van der Waals surface area contributed by atoms with E-state index < -0.39 is 0 Å². The highest BCUT2D eigenvalue weighted by molar-refractivity contribution is 6.32. The van der Waals surface area contributed by atoms with Crippen molar-refractivity contribution in [3.8, 4) is 6.01 Å². The number of aromatic amines is 1. The lowest BCUT2D eigenvalue weighted by molar-refractivity contribution is 0.207. The van der Waals surface area contributed by atoms with Crippen molar-refractivity contribution < 1.29 is 9.13 Å². The van der Waals surface area contributed by atoms with Gasteiger partial charge in [-0.25, -0.2) is 9.37 Å². The smallest absolute Gasteiger partial charge is 0.319 e. The van der Waals surface area contributed by atoms with Gasteiger partial charge in [-0.05, 0) is 37.5 Å². The normalized spacial score (nSPS) is 14.9. The van der Waals surface area contributed by atoms with Crippen molar-refractivity contribution in [2.24, 2.45) is 0 Å². The number of ether oxygens (including phenoxy) is 1. The van der Waals surface area contributed by atoms with Gasteiger partial charge < -0.3 is 10.1 Å². The first-order chi connectivity index (χ1) is 12.6. The van der Waals surface area contributed by atoms with Gasteiger partial charge in [-0.2, -0.15) is 10.1 Å². The van der Waals surface area contributed by atoms with Gasteiger partial charge in [-0.1, -0.05) is 23.7 Å². The van der Waals surface area contributed by atoms with E-state index in [4.69, 9.17) is 16.3 Å². The number of anilines is 2. The number of hydrogen-bond donors (Lipinski definition) is 2. The predicted molar refractivity (Wildman–Crippen MR) is 96.3 cm³/mol. The number of aromatic nitrogens is 4. The van der Waals surface area contributed by atoms with Crippen molar-refractivity contribution in [2.45, 2.75) is 31.8 Å². The zero-order chi connectivity index (χ0) is 18.1. The molecule has 6 nitrogen and oxygen atoms in total. The summed E-state index contributed by atoms with van der Waals surface area (Å²) in [5.74, 6) is 1.34. The second-order valence-electron chi connectivity index (χ2n) is 6.27. The third-order valence-corrected chi connectivity index (χ3v) is 4.48. The number of nitrogens with zero attached hydrogens (tertiary/aromatic N) is 3. The standard InChI is InChI=1S/C18H17ClFN5O/c1-10(11-4-6-13(20)7-5-11)26-18-21-9-14(19)17(23-18)22-16-8-15(24-25-16)12-2-3-12/h4-10,12H,2-3H2,1H3,(H2,21,22,23,24,25)/t10-/m0/s1. The first kappa shape index (κ1) is 16.8. The van der Waals surface area contributed by atoms with Gasteiger partial charge in [0, 0.05) is 17.7 Å². The molecule has 26 heavy (non-hydrogen) atoms. The molecule has 2 aromatic heterocycles. The third-order valence-electron chi connectivity index (χ3n) is 4.20. The van der Waals surface area contributed by atoms with Crippen molar-refractivity contribution in [1.82, 2.24) is 20.2 Å². The molecule has 4 rings (SSSR count). The van der Waals surface area contributed by atoms with Gasteiger partial charge in [-0.15, -0.1) is 0 Å². The Morgan fingerprint density at radius 3 is 2.81 bits per heavy atom. The monoisotopic (exact) mass is 373 g/mol. The van der Waals surface area contributed by atoms with E-state index in [1.807, 2.05) is 13.0 Å². The van der Waals surface area contributed by atoms with Crippen molar-refractivity contribution in [2.75, 3.05) is 5.32 Å². The van der Waals surface area contributed by atoms with Gasteiger partial charge in [0.1, 0.15) is 16.9 Å². The quantitative estimate of drug-likeness (QED) is 0.651. The van der Waals surface area contributed by atoms with Crippen LogP contribution in [0.2, 0.25) is 5.02 Å². The lowest BCUT2D eigenvalue weighted by Gasteiger charge is -2.14. The summed E-state index contributed by atoms with van der Waals surface area (Å²) >= 11 is 6.18. The van der Waals surface area contributed by atoms with Gasteiger partial charge in [0.2, 0.25) is 0 Å². The fraction of sp³-hybridized carbons (Fsp3) is 0.278. The van der Waals surface area contributed by atoms with Crippen molar-refractivity contribution in [3.05, 3.63) is 58.6 Å². The molecule has 8 heteroatoms. The summed E-state index contributed by atoms with van der Waals surface area (Å²) in [6.45, 7) is 1.84. The van der Waals surface area contributed by atoms with Crippen molar-refractivity contribution >= 4 is 23.2 Å². The maximum atomic E-state index is 13.0. The molecule has 1 aliphatic carbocycles. The molecule has 0 saturated heterocycles. The highest BCUT2D eigenvalue weighted by Gasteiger charge is 2.25. The van der Waals surface area contributed by atoms with E-state index in [0.29, 0.717) is 22.6 Å². The van der Waals surface area contributed by atoms with Gasteiger partial charge in [0.15, 0.2) is 11.6 Å². The van der Waals surface area contributed by atoms with Crippen molar-refractivity contribution in [3.63, 3.8) is 0 Å². The number of halogens is 2. The molecular weight excluding hydrogens is 357 g/mol. The van der Waals surface area contributed by atoms with Crippen LogP contribution in [-0.2, 0) is 0 Å². The molecule has 0 amide bonds. The molecule has 1 saturated carbocycles. The lowest BCUT2D eigenvalue weighted by Crippen LogP contribution is -2.07. The van der Waals surface area contributed by atoms with Crippen LogP contribution in [0.15, 0.2) is 36.5 Å². The summed E-state index contributed by atoms with van der Waals surface area (Å²) in [4.78, 5) is 8.42. The van der Waals surface area contributed by atoms with Crippen molar-refractivity contribution in [1.29, 1.82) is 0 Å². The molecule has 0 bridgehead atoms. The fourth-order valence-electron chi connectivity index (χ4n) is 2.58. The molecule has 1 aromatic carbocycles. The van der Waals surface area contributed by atoms with Gasteiger partial charge in [-0.3, -0.25) is 5.10 Å². The van der Waals surface area contributed by atoms with E-state index in [0.717, 1.165) is 11.3 Å². The Bertz CT molecular complexity index is 910. The minimum absolute atomic E-state index is 0.173. The predicted octanol–water partition coefficient (Wildman–Crippen LogP) is 4.75. The fourth-order valence-corrected chi connectivity index (χ4v) is 2.72. The molecule has 1 fully saturated rings. The molecule has 0 radical (unpaired) electrons. The van der Waals surface area contributed by atoms with E-state index in [2.05, 4.69) is 25.5 Å². The molecule has 2 heterocycles. The number of H-pyrrole nitrogens is 1. The first-order valence-corrected chi connectivity index (χ1v) is 8.73. The highest BCUT2D eigenvalue weighted by atomic mass is 35.5. The van der Waals surface area contributed by atoms with Crippen LogP contribution in [-0.4, -0.2) is 20.2 Å². The Kier molecular flexibility index (Phi) is 4.46. The summed E-state index contributed by atoms with van der Waals surface area (Å²) in [6.07, 6.45) is 3.51. The first-order valence-electron chi connectivity index (χ1n) is 8.35. The van der Waals surface area contributed by atoms with Crippen LogP contribution in [0, 0.1) is 5.82 Å². The van der Waals surface area contributed by atoms with Crippen LogP contribution < -0.4 is 10.1 Å². The molecule has 3 aromatic rings. The molecule has 0 spiro atoms. The summed E-state index contributed by atoms with van der Waals surface area (Å²) in [5.41, 5.74) is 1.93. The van der Waals surface area contributed by atoms with Crippen LogP contribution >= 0.6 is 11.6 Å². The van der Waals surface area contributed by atoms with E-state index in [1.54, 1.807) is 12.1 Å². The third kappa shape index (κ3) is 3.77. The van der Waals surface area contributed by atoms with E-state index in [1.165, 1.54) is 31.2 Å². The Morgan fingerprint density at radius 2 is 2.08 bits per heavy atom. The van der Waals surface area contributed by atoms with E-state index >= 15 is 0 Å². The second kappa shape index (κ2) is 6.92. The topological polar surface area (TPSA) is 75.7 Å². The van der Waals surface area contributed by atoms with Gasteiger partial charge in [0.05, 0.1) is 6.20 Å². The van der Waals surface area contributed by atoms with E-state index in [-0.39, 0.29) is 17.9 Å². The summed E-state index contributed by atoms with van der Waals surface area (Å²) in [5, 5.41) is 10.7. The van der Waals surface area contributed by atoms with Crippen LogP contribution in [0.3, 0.4) is 0 Å². The van der Waals surface area contributed by atoms with Gasteiger partial charge in [0.25, 0.3) is 0 Å². The number of hydrogen-bond acceptors (Lipinski definition) is 5. The average Bonchev–Trinajstić information content (AvgIpc) is 3.38. The molecule has 2 N–H and O–H groups in total.